The first-order valence-corrected chi connectivity index (χ1v) is 5.67. The van der Waals surface area contributed by atoms with E-state index in [1.54, 1.807) is 0 Å². The lowest BCUT2D eigenvalue weighted by Gasteiger charge is -2.04. The zero-order valence-electron chi connectivity index (χ0n) is 9.67. The largest absolute Gasteiger partial charge is 0.368 e. The SMILES string of the molecule is Nc1nc(-c2ccccc2)cc(-c2ccc[nH]2)n1. The molecule has 0 unspecified atom stereocenters. The Kier molecular flexibility index (Phi) is 2.53. The number of hydrogen-bond acceptors (Lipinski definition) is 3. The van der Waals surface area contributed by atoms with Crippen LogP contribution in [0.15, 0.2) is 54.7 Å². The highest BCUT2D eigenvalue weighted by molar-refractivity contribution is 5.67. The van der Waals surface area contributed by atoms with Gasteiger partial charge in [-0.25, -0.2) is 9.97 Å². The van der Waals surface area contributed by atoms with Crippen LogP contribution in [0.1, 0.15) is 0 Å². The summed E-state index contributed by atoms with van der Waals surface area (Å²) in [6.45, 7) is 0. The molecule has 3 rings (SSSR count). The molecule has 0 atom stereocenters. The monoisotopic (exact) mass is 236 g/mol. The summed E-state index contributed by atoms with van der Waals surface area (Å²) in [4.78, 5) is 11.6. The highest BCUT2D eigenvalue weighted by atomic mass is 15.0. The van der Waals surface area contributed by atoms with Crippen molar-refractivity contribution in [1.82, 2.24) is 15.0 Å². The molecule has 3 aromatic rings. The van der Waals surface area contributed by atoms with Crippen LogP contribution in [-0.2, 0) is 0 Å². The van der Waals surface area contributed by atoms with Crippen LogP contribution in [0.3, 0.4) is 0 Å². The molecule has 0 aliphatic heterocycles. The van der Waals surface area contributed by atoms with E-state index in [9.17, 15) is 0 Å². The van der Waals surface area contributed by atoms with Crippen molar-refractivity contribution in [3.63, 3.8) is 0 Å². The Morgan fingerprint density at radius 1 is 0.889 bits per heavy atom. The fraction of sp³-hybridized carbons (Fsp3) is 0. The minimum Gasteiger partial charge on any atom is -0.368 e. The third kappa shape index (κ3) is 1.96. The molecule has 0 saturated carbocycles. The van der Waals surface area contributed by atoms with Crippen molar-refractivity contribution in [2.75, 3.05) is 5.73 Å². The van der Waals surface area contributed by atoms with Crippen LogP contribution in [0.5, 0.6) is 0 Å². The Balaban J connectivity index is 2.12. The van der Waals surface area contributed by atoms with Gasteiger partial charge in [0.25, 0.3) is 0 Å². The van der Waals surface area contributed by atoms with Crippen LogP contribution < -0.4 is 5.73 Å². The van der Waals surface area contributed by atoms with Crippen molar-refractivity contribution in [3.05, 3.63) is 54.7 Å². The van der Waals surface area contributed by atoms with E-state index in [1.165, 1.54) is 0 Å². The number of hydrogen-bond donors (Lipinski definition) is 2. The second kappa shape index (κ2) is 4.33. The van der Waals surface area contributed by atoms with Gasteiger partial charge in [0, 0.05) is 11.8 Å². The molecule has 0 bridgehead atoms. The van der Waals surface area contributed by atoms with E-state index in [2.05, 4.69) is 15.0 Å². The Morgan fingerprint density at radius 3 is 2.39 bits per heavy atom. The van der Waals surface area contributed by atoms with Crippen LogP contribution in [0, 0.1) is 0 Å². The lowest BCUT2D eigenvalue weighted by Crippen LogP contribution is -1.98. The second-order valence-corrected chi connectivity index (χ2v) is 3.95. The van der Waals surface area contributed by atoms with Gasteiger partial charge < -0.3 is 10.7 Å². The first kappa shape index (κ1) is 10.5. The molecule has 2 aromatic heterocycles. The predicted molar refractivity (Wildman–Crippen MR) is 71.7 cm³/mol. The average Bonchev–Trinajstić information content (AvgIpc) is 2.93. The van der Waals surface area contributed by atoms with E-state index in [0.717, 1.165) is 22.6 Å². The number of anilines is 1. The van der Waals surface area contributed by atoms with E-state index < -0.39 is 0 Å². The summed E-state index contributed by atoms with van der Waals surface area (Å²) in [5.74, 6) is 0.279. The van der Waals surface area contributed by atoms with Gasteiger partial charge in [0.1, 0.15) is 0 Å². The maximum atomic E-state index is 5.77. The van der Waals surface area contributed by atoms with Gasteiger partial charge in [0.05, 0.1) is 17.1 Å². The van der Waals surface area contributed by atoms with Crippen molar-refractivity contribution < 1.29 is 0 Å². The summed E-state index contributed by atoms with van der Waals surface area (Å²) >= 11 is 0. The maximum absolute atomic E-state index is 5.77. The number of rotatable bonds is 2. The topological polar surface area (TPSA) is 67.6 Å². The fourth-order valence-corrected chi connectivity index (χ4v) is 1.85. The van der Waals surface area contributed by atoms with Crippen molar-refractivity contribution in [1.29, 1.82) is 0 Å². The average molecular weight is 236 g/mol. The number of nitrogens with two attached hydrogens (primary N) is 1. The quantitative estimate of drug-likeness (QED) is 0.718. The minimum absolute atomic E-state index is 0.279. The standard InChI is InChI=1S/C14H12N4/c15-14-17-12(10-5-2-1-3-6-10)9-13(18-14)11-7-4-8-16-11/h1-9,16H,(H2,15,17,18). The molecular weight excluding hydrogens is 224 g/mol. The summed E-state index contributed by atoms with van der Waals surface area (Å²) in [5, 5.41) is 0. The van der Waals surface area contributed by atoms with E-state index in [0.29, 0.717) is 0 Å². The molecule has 4 heteroatoms. The van der Waals surface area contributed by atoms with Crippen molar-refractivity contribution in [2.45, 2.75) is 0 Å². The summed E-state index contributed by atoms with van der Waals surface area (Å²) in [7, 11) is 0. The van der Waals surface area contributed by atoms with E-state index in [4.69, 9.17) is 5.73 Å². The molecular formula is C14H12N4. The Hall–Kier alpha value is -2.62. The molecule has 18 heavy (non-hydrogen) atoms. The van der Waals surface area contributed by atoms with Crippen LogP contribution in [0.25, 0.3) is 22.6 Å². The molecule has 0 aliphatic carbocycles. The molecule has 0 spiro atoms. The molecule has 1 aromatic carbocycles. The third-order valence-electron chi connectivity index (χ3n) is 2.69. The highest BCUT2D eigenvalue weighted by Crippen LogP contribution is 2.23. The molecule has 2 heterocycles. The number of benzene rings is 1. The zero-order chi connectivity index (χ0) is 12.4. The number of nitrogens with one attached hydrogen (secondary N) is 1. The van der Waals surface area contributed by atoms with Crippen LogP contribution in [0.4, 0.5) is 5.95 Å². The first-order valence-electron chi connectivity index (χ1n) is 5.67. The Morgan fingerprint density at radius 2 is 1.67 bits per heavy atom. The van der Waals surface area contributed by atoms with E-state index in [1.807, 2.05) is 54.7 Å². The summed E-state index contributed by atoms with van der Waals surface area (Å²) in [6, 6.07) is 15.7. The van der Waals surface area contributed by atoms with Gasteiger partial charge in [-0.1, -0.05) is 30.3 Å². The van der Waals surface area contributed by atoms with Crippen LogP contribution in [0.2, 0.25) is 0 Å². The lowest BCUT2D eigenvalue weighted by molar-refractivity contribution is 1.18. The maximum Gasteiger partial charge on any atom is 0.221 e. The van der Waals surface area contributed by atoms with E-state index in [-0.39, 0.29) is 5.95 Å². The van der Waals surface area contributed by atoms with Gasteiger partial charge in [0.15, 0.2) is 0 Å². The van der Waals surface area contributed by atoms with Gasteiger partial charge in [-0.15, -0.1) is 0 Å². The lowest BCUT2D eigenvalue weighted by atomic mass is 10.1. The van der Waals surface area contributed by atoms with Crippen molar-refractivity contribution >= 4 is 5.95 Å². The van der Waals surface area contributed by atoms with Crippen molar-refractivity contribution in [3.8, 4) is 22.6 Å². The zero-order valence-corrected chi connectivity index (χ0v) is 9.67. The van der Waals surface area contributed by atoms with Gasteiger partial charge >= 0.3 is 0 Å². The van der Waals surface area contributed by atoms with Gasteiger partial charge in [-0.3, -0.25) is 0 Å². The molecule has 0 fully saturated rings. The van der Waals surface area contributed by atoms with Crippen LogP contribution in [-0.4, -0.2) is 15.0 Å². The number of H-pyrrole nitrogens is 1. The normalized spacial score (nSPS) is 10.4. The smallest absolute Gasteiger partial charge is 0.221 e. The molecule has 0 aliphatic rings. The predicted octanol–water partition coefficient (Wildman–Crippen LogP) is 2.72. The van der Waals surface area contributed by atoms with Gasteiger partial charge in [-0.2, -0.15) is 0 Å². The second-order valence-electron chi connectivity index (χ2n) is 3.95. The van der Waals surface area contributed by atoms with Gasteiger partial charge in [0.2, 0.25) is 5.95 Å². The highest BCUT2D eigenvalue weighted by Gasteiger charge is 2.06. The fourth-order valence-electron chi connectivity index (χ4n) is 1.85. The number of nitrogen functional groups attached to an aromatic ring is 1. The third-order valence-corrected chi connectivity index (χ3v) is 2.69. The Labute approximate surface area is 105 Å². The van der Waals surface area contributed by atoms with Crippen LogP contribution >= 0.6 is 0 Å². The molecule has 0 radical (unpaired) electrons. The summed E-state index contributed by atoms with van der Waals surface area (Å²) < 4.78 is 0. The van der Waals surface area contributed by atoms with Gasteiger partial charge in [-0.05, 0) is 18.2 Å². The minimum atomic E-state index is 0.279. The van der Waals surface area contributed by atoms with Crippen molar-refractivity contribution in [2.24, 2.45) is 0 Å². The Bertz CT molecular complexity index is 645. The summed E-state index contributed by atoms with van der Waals surface area (Å²) in [5.41, 5.74) is 9.35. The molecule has 88 valence electrons. The molecule has 0 amide bonds. The molecule has 4 nitrogen and oxygen atoms in total. The number of aromatic nitrogens is 3. The number of nitrogens with zero attached hydrogens (tertiary/aromatic N) is 2. The van der Waals surface area contributed by atoms with E-state index >= 15 is 0 Å². The molecule has 3 N–H and O–H groups in total. The number of aromatic amines is 1. The first-order chi connectivity index (χ1) is 8.83. The summed E-state index contributed by atoms with van der Waals surface area (Å²) in [6.07, 6.45) is 1.86. The molecule has 0 saturated heterocycles.